The first-order chi connectivity index (χ1) is 6.22. The SMILES string of the molecule is CCc1cc2c(s1)CCC2C(=O)O. The normalized spacial score (nSPS) is 20.2. The fourth-order valence-corrected chi connectivity index (χ4v) is 3.04. The second-order valence-electron chi connectivity index (χ2n) is 3.37. The zero-order chi connectivity index (χ0) is 9.42. The summed E-state index contributed by atoms with van der Waals surface area (Å²) in [5.41, 5.74) is 1.08. The maximum absolute atomic E-state index is 10.9. The van der Waals surface area contributed by atoms with Crippen molar-refractivity contribution in [2.24, 2.45) is 0 Å². The predicted octanol–water partition coefficient (Wildman–Crippen LogP) is 2.42. The van der Waals surface area contributed by atoms with Gasteiger partial charge in [0.15, 0.2) is 0 Å². The number of aryl methyl sites for hydroxylation is 2. The Hall–Kier alpha value is -0.830. The molecule has 0 spiro atoms. The predicted molar refractivity (Wildman–Crippen MR) is 52.4 cm³/mol. The van der Waals surface area contributed by atoms with Crippen LogP contribution in [0.2, 0.25) is 0 Å². The molecule has 1 aliphatic carbocycles. The van der Waals surface area contributed by atoms with Crippen molar-refractivity contribution in [3.8, 4) is 0 Å². The van der Waals surface area contributed by atoms with Crippen LogP contribution in [0, 0.1) is 0 Å². The van der Waals surface area contributed by atoms with Crippen molar-refractivity contribution in [2.45, 2.75) is 32.1 Å². The Morgan fingerprint density at radius 2 is 2.54 bits per heavy atom. The van der Waals surface area contributed by atoms with Gasteiger partial charge in [-0.2, -0.15) is 0 Å². The summed E-state index contributed by atoms with van der Waals surface area (Å²) in [6, 6.07) is 2.08. The summed E-state index contributed by atoms with van der Waals surface area (Å²) < 4.78 is 0. The number of aliphatic carboxylic acids is 1. The largest absolute Gasteiger partial charge is 0.481 e. The smallest absolute Gasteiger partial charge is 0.311 e. The molecule has 0 aliphatic heterocycles. The lowest BCUT2D eigenvalue weighted by atomic mass is 10.0. The van der Waals surface area contributed by atoms with Crippen molar-refractivity contribution < 1.29 is 9.90 Å². The molecule has 1 atom stereocenters. The second-order valence-corrected chi connectivity index (χ2v) is 4.60. The van der Waals surface area contributed by atoms with E-state index >= 15 is 0 Å². The van der Waals surface area contributed by atoms with Gasteiger partial charge in [-0.3, -0.25) is 4.79 Å². The fourth-order valence-electron chi connectivity index (χ4n) is 1.85. The van der Waals surface area contributed by atoms with Crippen molar-refractivity contribution in [3.05, 3.63) is 21.4 Å². The summed E-state index contributed by atoms with van der Waals surface area (Å²) in [6.07, 6.45) is 2.77. The van der Waals surface area contributed by atoms with Crippen LogP contribution in [0.5, 0.6) is 0 Å². The van der Waals surface area contributed by atoms with Crippen molar-refractivity contribution in [3.63, 3.8) is 0 Å². The number of hydrogen-bond acceptors (Lipinski definition) is 2. The monoisotopic (exact) mass is 196 g/mol. The first-order valence-electron chi connectivity index (χ1n) is 4.56. The molecule has 1 heterocycles. The average molecular weight is 196 g/mol. The fraction of sp³-hybridized carbons (Fsp3) is 0.500. The second kappa shape index (κ2) is 3.14. The highest BCUT2D eigenvalue weighted by molar-refractivity contribution is 7.12. The molecule has 1 aromatic heterocycles. The van der Waals surface area contributed by atoms with Crippen LogP contribution in [0.1, 0.15) is 34.6 Å². The molecule has 1 aromatic rings. The van der Waals surface area contributed by atoms with E-state index in [1.54, 1.807) is 11.3 Å². The molecule has 13 heavy (non-hydrogen) atoms. The van der Waals surface area contributed by atoms with Gasteiger partial charge in [0.05, 0.1) is 5.92 Å². The molecule has 70 valence electrons. The van der Waals surface area contributed by atoms with E-state index in [2.05, 4.69) is 13.0 Å². The van der Waals surface area contributed by atoms with E-state index in [0.29, 0.717) is 0 Å². The highest BCUT2D eigenvalue weighted by Crippen LogP contribution is 2.38. The Balaban J connectivity index is 2.35. The topological polar surface area (TPSA) is 37.3 Å². The van der Waals surface area contributed by atoms with Gasteiger partial charge in [-0.25, -0.2) is 0 Å². The lowest BCUT2D eigenvalue weighted by Gasteiger charge is -2.01. The maximum atomic E-state index is 10.9. The zero-order valence-electron chi connectivity index (χ0n) is 7.54. The van der Waals surface area contributed by atoms with E-state index in [1.807, 2.05) is 0 Å². The third-order valence-corrected chi connectivity index (χ3v) is 3.93. The van der Waals surface area contributed by atoms with E-state index in [9.17, 15) is 4.79 Å². The van der Waals surface area contributed by atoms with Gasteiger partial charge in [-0.05, 0) is 30.9 Å². The van der Waals surface area contributed by atoms with Crippen molar-refractivity contribution in [1.82, 2.24) is 0 Å². The molecule has 0 amide bonds. The van der Waals surface area contributed by atoms with Gasteiger partial charge in [0.1, 0.15) is 0 Å². The molecule has 1 unspecified atom stereocenters. The minimum Gasteiger partial charge on any atom is -0.481 e. The summed E-state index contributed by atoms with van der Waals surface area (Å²) in [7, 11) is 0. The van der Waals surface area contributed by atoms with Crippen LogP contribution < -0.4 is 0 Å². The summed E-state index contributed by atoms with van der Waals surface area (Å²) >= 11 is 1.78. The Bertz CT molecular complexity index is 341. The summed E-state index contributed by atoms with van der Waals surface area (Å²) in [4.78, 5) is 13.5. The highest BCUT2D eigenvalue weighted by atomic mass is 32.1. The maximum Gasteiger partial charge on any atom is 0.311 e. The first-order valence-corrected chi connectivity index (χ1v) is 5.38. The van der Waals surface area contributed by atoms with Gasteiger partial charge in [-0.1, -0.05) is 6.92 Å². The molecule has 3 heteroatoms. The Morgan fingerprint density at radius 1 is 1.77 bits per heavy atom. The number of carboxylic acid groups (broad SMARTS) is 1. The molecule has 2 rings (SSSR count). The number of carboxylic acids is 1. The molecular weight excluding hydrogens is 184 g/mol. The van der Waals surface area contributed by atoms with Gasteiger partial charge in [0.25, 0.3) is 0 Å². The molecule has 0 fully saturated rings. The molecule has 0 saturated heterocycles. The van der Waals surface area contributed by atoms with Crippen LogP contribution >= 0.6 is 11.3 Å². The van der Waals surface area contributed by atoms with Crippen LogP contribution in [0.25, 0.3) is 0 Å². The highest BCUT2D eigenvalue weighted by Gasteiger charge is 2.30. The molecule has 0 radical (unpaired) electrons. The van der Waals surface area contributed by atoms with Gasteiger partial charge in [0, 0.05) is 9.75 Å². The van der Waals surface area contributed by atoms with E-state index in [-0.39, 0.29) is 5.92 Å². The van der Waals surface area contributed by atoms with Gasteiger partial charge in [0.2, 0.25) is 0 Å². The Morgan fingerprint density at radius 3 is 3.15 bits per heavy atom. The van der Waals surface area contributed by atoms with E-state index in [1.165, 1.54) is 9.75 Å². The van der Waals surface area contributed by atoms with E-state index in [4.69, 9.17) is 5.11 Å². The van der Waals surface area contributed by atoms with Crippen molar-refractivity contribution in [2.75, 3.05) is 0 Å². The lowest BCUT2D eigenvalue weighted by Crippen LogP contribution is -2.07. The number of thiophene rings is 1. The number of carbonyl (C=O) groups is 1. The third-order valence-electron chi connectivity index (χ3n) is 2.57. The number of fused-ring (bicyclic) bond motifs is 1. The lowest BCUT2D eigenvalue weighted by molar-refractivity contribution is -0.138. The van der Waals surface area contributed by atoms with Gasteiger partial charge in [-0.15, -0.1) is 11.3 Å². The Kier molecular flexibility index (Phi) is 2.12. The van der Waals surface area contributed by atoms with Gasteiger partial charge >= 0.3 is 5.97 Å². The van der Waals surface area contributed by atoms with Crippen LogP contribution in [-0.4, -0.2) is 11.1 Å². The molecule has 2 nitrogen and oxygen atoms in total. The minimum atomic E-state index is -0.667. The minimum absolute atomic E-state index is 0.230. The molecule has 1 aliphatic rings. The van der Waals surface area contributed by atoms with E-state index < -0.39 is 5.97 Å². The summed E-state index contributed by atoms with van der Waals surface area (Å²) in [5.74, 6) is -0.897. The summed E-state index contributed by atoms with van der Waals surface area (Å²) in [6.45, 7) is 2.11. The average Bonchev–Trinajstić information content (AvgIpc) is 2.59. The molecule has 0 aromatic carbocycles. The molecule has 0 bridgehead atoms. The molecule has 1 N–H and O–H groups in total. The van der Waals surface area contributed by atoms with Crippen molar-refractivity contribution in [1.29, 1.82) is 0 Å². The van der Waals surface area contributed by atoms with Crippen LogP contribution in [-0.2, 0) is 17.6 Å². The molecule has 0 saturated carbocycles. The quantitative estimate of drug-likeness (QED) is 0.788. The van der Waals surface area contributed by atoms with Crippen molar-refractivity contribution >= 4 is 17.3 Å². The van der Waals surface area contributed by atoms with Crippen LogP contribution in [0.15, 0.2) is 6.07 Å². The van der Waals surface area contributed by atoms with Gasteiger partial charge < -0.3 is 5.11 Å². The first kappa shape index (κ1) is 8.75. The third kappa shape index (κ3) is 1.37. The summed E-state index contributed by atoms with van der Waals surface area (Å²) in [5, 5.41) is 8.95. The number of rotatable bonds is 2. The zero-order valence-corrected chi connectivity index (χ0v) is 8.36. The number of hydrogen-bond donors (Lipinski definition) is 1. The van der Waals surface area contributed by atoms with E-state index in [0.717, 1.165) is 24.8 Å². The van der Waals surface area contributed by atoms with Crippen LogP contribution in [0.4, 0.5) is 0 Å². The standard InChI is InChI=1S/C10H12O2S/c1-2-6-5-8-7(10(11)12)3-4-9(8)13-6/h5,7H,2-4H2,1H3,(H,11,12). The Labute approximate surface area is 81.2 Å². The van der Waals surface area contributed by atoms with Crippen LogP contribution in [0.3, 0.4) is 0 Å². The molecular formula is C10H12O2S.